The molecule has 18 heavy (non-hydrogen) atoms. The van der Waals surface area contributed by atoms with Crippen LogP contribution in [0.5, 0.6) is 0 Å². The first-order valence-corrected chi connectivity index (χ1v) is 7.31. The molecule has 1 N–H and O–H groups in total. The van der Waals surface area contributed by atoms with E-state index in [1.165, 1.54) is 4.31 Å². The van der Waals surface area contributed by atoms with Crippen molar-refractivity contribution >= 4 is 34.0 Å². The lowest BCUT2D eigenvalue weighted by Gasteiger charge is -2.27. The fourth-order valence-electron chi connectivity index (χ4n) is 1.84. The van der Waals surface area contributed by atoms with Crippen molar-refractivity contribution in [3.63, 3.8) is 0 Å². The first-order valence-electron chi connectivity index (χ1n) is 5.49. The number of nitrogens with zero attached hydrogens (tertiary/aromatic N) is 1. The van der Waals surface area contributed by atoms with E-state index in [1.54, 1.807) is 25.1 Å². The molecule has 0 aliphatic carbocycles. The van der Waals surface area contributed by atoms with E-state index in [2.05, 4.69) is 5.32 Å². The Morgan fingerprint density at radius 3 is 2.50 bits per heavy atom. The van der Waals surface area contributed by atoms with Gasteiger partial charge in [-0.1, -0.05) is 23.7 Å². The Kier molecular flexibility index (Phi) is 5.43. The zero-order valence-electron chi connectivity index (χ0n) is 10.0. The summed E-state index contributed by atoms with van der Waals surface area (Å²) in [5.41, 5.74) is 0.780. The largest absolute Gasteiger partial charge is 0.314 e. The van der Waals surface area contributed by atoms with Gasteiger partial charge in [0.1, 0.15) is 4.90 Å². The highest BCUT2D eigenvalue weighted by atomic mass is 35.5. The quantitative estimate of drug-likeness (QED) is 0.904. The van der Waals surface area contributed by atoms with Gasteiger partial charge >= 0.3 is 0 Å². The van der Waals surface area contributed by atoms with Gasteiger partial charge in [-0.15, -0.1) is 12.4 Å². The van der Waals surface area contributed by atoms with Crippen molar-refractivity contribution in [1.29, 1.82) is 0 Å². The molecule has 2 rings (SSSR count). The molecule has 0 aromatic heterocycles. The van der Waals surface area contributed by atoms with Crippen LogP contribution in [0.15, 0.2) is 23.1 Å². The highest BCUT2D eigenvalue weighted by Crippen LogP contribution is 2.27. The second kappa shape index (κ2) is 6.21. The summed E-state index contributed by atoms with van der Waals surface area (Å²) >= 11 is 6.08. The van der Waals surface area contributed by atoms with E-state index in [4.69, 9.17) is 11.6 Å². The standard InChI is InChI=1S/C11H15ClN2O2S.ClH/c1-9-3-2-4-10(11(9)12)17(15,16)14-7-5-13-6-8-14;/h2-4,13H,5-8H2,1H3;1H. The van der Waals surface area contributed by atoms with Crippen LogP contribution in [0.1, 0.15) is 5.56 Å². The van der Waals surface area contributed by atoms with Crippen LogP contribution in [-0.4, -0.2) is 38.9 Å². The van der Waals surface area contributed by atoms with Crippen molar-refractivity contribution < 1.29 is 8.42 Å². The fraction of sp³-hybridized carbons (Fsp3) is 0.455. The summed E-state index contributed by atoms with van der Waals surface area (Å²) in [5.74, 6) is 0. The molecule has 0 bridgehead atoms. The van der Waals surface area contributed by atoms with Gasteiger partial charge in [-0.2, -0.15) is 4.31 Å². The van der Waals surface area contributed by atoms with Gasteiger partial charge in [0.05, 0.1) is 5.02 Å². The molecule has 1 heterocycles. The van der Waals surface area contributed by atoms with E-state index in [0.29, 0.717) is 31.2 Å². The Morgan fingerprint density at radius 2 is 1.89 bits per heavy atom. The van der Waals surface area contributed by atoms with E-state index >= 15 is 0 Å². The van der Waals surface area contributed by atoms with Crippen molar-refractivity contribution in [1.82, 2.24) is 9.62 Å². The first kappa shape index (κ1) is 15.7. The Bertz CT molecular complexity index is 514. The second-order valence-corrected chi connectivity index (χ2v) is 6.33. The summed E-state index contributed by atoms with van der Waals surface area (Å²) in [7, 11) is -3.45. The number of aryl methyl sites for hydroxylation is 1. The van der Waals surface area contributed by atoms with Gasteiger partial charge in [-0.3, -0.25) is 0 Å². The molecule has 0 unspecified atom stereocenters. The number of piperazine rings is 1. The van der Waals surface area contributed by atoms with Crippen LogP contribution in [-0.2, 0) is 10.0 Å². The topological polar surface area (TPSA) is 49.4 Å². The van der Waals surface area contributed by atoms with Gasteiger partial charge in [-0.25, -0.2) is 8.42 Å². The van der Waals surface area contributed by atoms with Crippen LogP contribution in [0.3, 0.4) is 0 Å². The minimum Gasteiger partial charge on any atom is -0.314 e. The maximum atomic E-state index is 12.4. The van der Waals surface area contributed by atoms with E-state index in [1.807, 2.05) is 0 Å². The minimum absolute atomic E-state index is 0. The molecule has 0 radical (unpaired) electrons. The van der Waals surface area contributed by atoms with E-state index in [0.717, 1.165) is 5.56 Å². The summed E-state index contributed by atoms with van der Waals surface area (Å²) in [6.07, 6.45) is 0. The normalized spacial score (nSPS) is 17.2. The predicted octanol–water partition coefficient (Wildman–Crippen LogP) is 1.66. The molecule has 4 nitrogen and oxygen atoms in total. The third kappa shape index (κ3) is 2.97. The summed E-state index contributed by atoms with van der Waals surface area (Å²) in [4.78, 5) is 0.209. The van der Waals surface area contributed by atoms with Gasteiger partial charge in [-0.05, 0) is 18.6 Å². The molecule has 0 amide bonds. The number of hydrogen-bond acceptors (Lipinski definition) is 3. The third-order valence-electron chi connectivity index (χ3n) is 2.85. The summed E-state index contributed by atoms with van der Waals surface area (Å²) in [6, 6.07) is 5.09. The molecule has 1 aromatic carbocycles. The van der Waals surface area contributed by atoms with Crippen LogP contribution in [0, 0.1) is 6.92 Å². The van der Waals surface area contributed by atoms with Crippen LogP contribution in [0.2, 0.25) is 5.02 Å². The van der Waals surface area contributed by atoms with Crippen molar-refractivity contribution in [3.05, 3.63) is 28.8 Å². The number of sulfonamides is 1. The monoisotopic (exact) mass is 310 g/mol. The molecular formula is C11H16Cl2N2O2S. The van der Waals surface area contributed by atoms with Crippen molar-refractivity contribution in [3.8, 4) is 0 Å². The highest BCUT2D eigenvalue weighted by Gasteiger charge is 2.27. The van der Waals surface area contributed by atoms with Crippen LogP contribution < -0.4 is 5.32 Å². The maximum absolute atomic E-state index is 12.4. The lowest BCUT2D eigenvalue weighted by molar-refractivity contribution is 0.360. The molecule has 7 heteroatoms. The smallest absolute Gasteiger partial charge is 0.244 e. The van der Waals surface area contributed by atoms with Crippen molar-refractivity contribution in [2.75, 3.05) is 26.2 Å². The summed E-state index contributed by atoms with van der Waals surface area (Å²) < 4.78 is 26.2. The Hall–Kier alpha value is -0.330. The molecule has 0 saturated carbocycles. The van der Waals surface area contributed by atoms with Crippen LogP contribution >= 0.6 is 24.0 Å². The third-order valence-corrected chi connectivity index (χ3v) is 5.40. The van der Waals surface area contributed by atoms with Gasteiger partial charge in [0, 0.05) is 26.2 Å². The van der Waals surface area contributed by atoms with Crippen LogP contribution in [0.4, 0.5) is 0 Å². The molecule has 102 valence electrons. The van der Waals surface area contributed by atoms with Gasteiger partial charge < -0.3 is 5.32 Å². The zero-order valence-corrected chi connectivity index (χ0v) is 12.4. The molecule has 1 aliphatic rings. The Balaban J connectivity index is 0.00000162. The van der Waals surface area contributed by atoms with Crippen molar-refractivity contribution in [2.45, 2.75) is 11.8 Å². The molecule has 0 spiro atoms. The highest BCUT2D eigenvalue weighted by molar-refractivity contribution is 7.89. The number of rotatable bonds is 2. The van der Waals surface area contributed by atoms with Gasteiger partial charge in [0.2, 0.25) is 10.0 Å². The van der Waals surface area contributed by atoms with Crippen molar-refractivity contribution in [2.24, 2.45) is 0 Å². The molecule has 0 atom stereocenters. The Morgan fingerprint density at radius 1 is 1.28 bits per heavy atom. The van der Waals surface area contributed by atoms with Crippen LogP contribution in [0.25, 0.3) is 0 Å². The summed E-state index contributed by atoms with van der Waals surface area (Å²) in [5, 5.41) is 3.45. The molecule has 1 fully saturated rings. The number of halogens is 2. The maximum Gasteiger partial charge on any atom is 0.244 e. The SMILES string of the molecule is Cc1cccc(S(=O)(=O)N2CCNCC2)c1Cl.Cl. The van der Waals surface area contributed by atoms with Gasteiger partial charge in [0.25, 0.3) is 0 Å². The molecule has 1 aliphatic heterocycles. The molecule has 1 saturated heterocycles. The van der Waals surface area contributed by atoms with E-state index < -0.39 is 10.0 Å². The fourth-order valence-corrected chi connectivity index (χ4v) is 3.84. The Labute approximate surface area is 119 Å². The zero-order chi connectivity index (χ0) is 12.5. The van der Waals surface area contributed by atoms with Gasteiger partial charge in [0.15, 0.2) is 0 Å². The summed E-state index contributed by atoms with van der Waals surface area (Å²) in [6.45, 7) is 4.16. The molecular weight excluding hydrogens is 295 g/mol. The lowest BCUT2D eigenvalue weighted by atomic mass is 10.2. The van der Waals surface area contributed by atoms with E-state index in [-0.39, 0.29) is 17.3 Å². The average molecular weight is 311 g/mol. The molecule has 1 aromatic rings. The number of benzene rings is 1. The first-order chi connectivity index (χ1) is 8.03. The lowest BCUT2D eigenvalue weighted by Crippen LogP contribution is -2.46. The predicted molar refractivity (Wildman–Crippen MR) is 75.1 cm³/mol. The number of hydrogen-bond donors (Lipinski definition) is 1. The average Bonchev–Trinajstić information content (AvgIpc) is 2.33. The number of nitrogens with one attached hydrogen (secondary N) is 1. The minimum atomic E-state index is -3.45. The van der Waals surface area contributed by atoms with E-state index in [9.17, 15) is 8.42 Å². The second-order valence-electron chi connectivity index (χ2n) is 4.04.